The molecule has 19 heavy (non-hydrogen) atoms. The lowest BCUT2D eigenvalue weighted by Gasteiger charge is -2.15. The molecule has 0 amide bonds. The SMILES string of the molecule is CCn1c(C(C)C)c(N)c(=O)n1-c1ccc(Cl)cc1. The van der Waals surface area contributed by atoms with Gasteiger partial charge in [-0.1, -0.05) is 25.4 Å². The van der Waals surface area contributed by atoms with Crippen LogP contribution in [0.25, 0.3) is 5.69 Å². The first-order valence-corrected chi connectivity index (χ1v) is 6.72. The number of anilines is 1. The van der Waals surface area contributed by atoms with Crippen LogP contribution in [0, 0.1) is 0 Å². The van der Waals surface area contributed by atoms with E-state index in [1.807, 2.05) is 37.6 Å². The lowest BCUT2D eigenvalue weighted by Crippen LogP contribution is -2.22. The van der Waals surface area contributed by atoms with Crippen molar-refractivity contribution in [3.63, 3.8) is 0 Å². The standard InChI is InChI=1S/C14H18ClN3O/c1-4-17-13(9(2)3)12(16)14(19)18(17)11-7-5-10(15)6-8-11/h5-9H,4,16H2,1-3H3. The van der Waals surface area contributed by atoms with Crippen molar-refractivity contribution >= 4 is 17.3 Å². The number of nitrogens with two attached hydrogens (primary N) is 1. The Morgan fingerprint density at radius 3 is 2.32 bits per heavy atom. The van der Waals surface area contributed by atoms with Gasteiger partial charge in [-0.15, -0.1) is 0 Å². The summed E-state index contributed by atoms with van der Waals surface area (Å²) in [6.45, 7) is 6.74. The van der Waals surface area contributed by atoms with Crippen molar-refractivity contribution in [3.8, 4) is 5.69 Å². The minimum absolute atomic E-state index is 0.173. The molecule has 1 heterocycles. The second kappa shape index (κ2) is 5.13. The molecule has 5 heteroatoms. The fraction of sp³-hybridized carbons (Fsp3) is 0.357. The number of benzene rings is 1. The molecule has 0 unspecified atom stereocenters. The number of hydrogen-bond acceptors (Lipinski definition) is 2. The van der Waals surface area contributed by atoms with Gasteiger partial charge in [0.25, 0.3) is 5.56 Å². The number of nitrogen functional groups attached to an aromatic ring is 1. The van der Waals surface area contributed by atoms with Crippen LogP contribution < -0.4 is 11.3 Å². The molecule has 0 fully saturated rings. The number of halogens is 1. The van der Waals surface area contributed by atoms with Crippen LogP contribution in [0.2, 0.25) is 5.02 Å². The van der Waals surface area contributed by atoms with E-state index in [-0.39, 0.29) is 11.5 Å². The Kier molecular flexibility index (Phi) is 3.71. The lowest BCUT2D eigenvalue weighted by molar-refractivity contribution is 0.534. The molecule has 0 saturated carbocycles. The quantitative estimate of drug-likeness (QED) is 0.939. The number of nitrogens with zero attached hydrogens (tertiary/aromatic N) is 2. The summed E-state index contributed by atoms with van der Waals surface area (Å²) in [5.41, 5.74) is 7.77. The fourth-order valence-corrected chi connectivity index (χ4v) is 2.47. The van der Waals surface area contributed by atoms with Crippen LogP contribution >= 0.6 is 11.6 Å². The second-order valence-corrected chi connectivity index (χ2v) is 5.20. The first kappa shape index (κ1) is 13.7. The molecule has 0 spiro atoms. The maximum atomic E-state index is 12.3. The molecule has 2 rings (SSSR count). The average molecular weight is 280 g/mol. The largest absolute Gasteiger partial charge is 0.393 e. The minimum atomic E-state index is -0.173. The third-order valence-corrected chi connectivity index (χ3v) is 3.39. The lowest BCUT2D eigenvalue weighted by atomic mass is 10.1. The third kappa shape index (κ3) is 2.28. The van der Waals surface area contributed by atoms with E-state index in [2.05, 4.69) is 0 Å². The van der Waals surface area contributed by atoms with E-state index >= 15 is 0 Å². The molecule has 102 valence electrons. The van der Waals surface area contributed by atoms with Gasteiger partial charge in [0.05, 0.1) is 11.4 Å². The molecule has 4 nitrogen and oxygen atoms in total. The predicted molar refractivity (Wildman–Crippen MR) is 79.2 cm³/mol. The first-order valence-electron chi connectivity index (χ1n) is 6.34. The van der Waals surface area contributed by atoms with Gasteiger partial charge in [0.1, 0.15) is 5.69 Å². The predicted octanol–water partition coefficient (Wildman–Crippen LogP) is 3.02. The van der Waals surface area contributed by atoms with Crippen molar-refractivity contribution in [1.82, 2.24) is 9.36 Å². The summed E-state index contributed by atoms with van der Waals surface area (Å²) in [4.78, 5) is 12.3. The molecule has 0 bridgehead atoms. The Morgan fingerprint density at radius 2 is 1.84 bits per heavy atom. The van der Waals surface area contributed by atoms with Gasteiger partial charge in [-0.2, -0.15) is 0 Å². The van der Waals surface area contributed by atoms with Gasteiger partial charge in [-0.05, 0) is 37.1 Å². The molecule has 1 aromatic heterocycles. The summed E-state index contributed by atoms with van der Waals surface area (Å²) < 4.78 is 3.53. The summed E-state index contributed by atoms with van der Waals surface area (Å²) >= 11 is 5.88. The van der Waals surface area contributed by atoms with E-state index in [4.69, 9.17) is 17.3 Å². The number of aromatic nitrogens is 2. The van der Waals surface area contributed by atoms with Crippen molar-refractivity contribution in [2.45, 2.75) is 33.2 Å². The monoisotopic (exact) mass is 279 g/mol. The van der Waals surface area contributed by atoms with E-state index in [0.717, 1.165) is 11.4 Å². The fourth-order valence-electron chi connectivity index (χ4n) is 2.34. The van der Waals surface area contributed by atoms with Gasteiger partial charge in [-0.3, -0.25) is 9.48 Å². The van der Waals surface area contributed by atoms with Crippen LogP contribution in [0.3, 0.4) is 0 Å². The Morgan fingerprint density at radius 1 is 1.26 bits per heavy atom. The highest BCUT2D eigenvalue weighted by Gasteiger charge is 2.19. The summed E-state index contributed by atoms with van der Waals surface area (Å²) in [6, 6.07) is 7.17. The minimum Gasteiger partial charge on any atom is -0.393 e. The van der Waals surface area contributed by atoms with Crippen LogP contribution in [0.4, 0.5) is 5.69 Å². The molecule has 2 aromatic rings. The maximum Gasteiger partial charge on any atom is 0.294 e. The molecule has 2 N–H and O–H groups in total. The van der Waals surface area contributed by atoms with Gasteiger partial charge in [0, 0.05) is 11.6 Å². The van der Waals surface area contributed by atoms with Crippen molar-refractivity contribution < 1.29 is 0 Å². The van der Waals surface area contributed by atoms with Gasteiger partial charge >= 0.3 is 0 Å². The molecule has 0 saturated heterocycles. The zero-order chi connectivity index (χ0) is 14.2. The number of hydrogen-bond donors (Lipinski definition) is 1. The molecular formula is C14H18ClN3O. The Balaban J connectivity index is 2.73. The van der Waals surface area contributed by atoms with Crippen LogP contribution in [0.15, 0.2) is 29.1 Å². The first-order chi connectivity index (χ1) is 8.97. The molecular weight excluding hydrogens is 262 g/mol. The van der Waals surface area contributed by atoms with E-state index in [9.17, 15) is 4.79 Å². The summed E-state index contributed by atoms with van der Waals surface area (Å²) in [6.07, 6.45) is 0. The van der Waals surface area contributed by atoms with Gasteiger partial charge in [0.15, 0.2) is 0 Å². The highest BCUT2D eigenvalue weighted by molar-refractivity contribution is 6.30. The summed E-state index contributed by atoms with van der Waals surface area (Å²) in [5, 5.41) is 0.642. The van der Waals surface area contributed by atoms with Crippen molar-refractivity contribution in [3.05, 3.63) is 45.3 Å². The highest BCUT2D eigenvalue weighted by Crippen LogP contribution is 2.22. The normalized spacial score (nSPS) is 11.2. The Hall–Kier alpha value is -1.68. The van der Waals surface area contributed by atoms with E-state index < -0.39 is 0 Å². The third-order valence-electron chi connectivity index (χ3n) is 3.14. The van der Waals surface area contributed by atoms with E-state index in [1.165, 1.54) is 0 Å². The molecule has 0 aliphatic carbocycles. The summed E-state index contributed by atoms with van der Waals surface area (Å²) in [7, 11) is 0. The second-order valence-electron chi connectivity index (χ2n) is 4.76. The summed E-state index contributed by atoms with van der Waals surface area (Å²) in [5.74, 6) is 0.196. The van der Waals surface area contributed by atoms with E-state index in [1.54, 1.807) is 16.8 Å². The molecule has 1 aromatic carbocycles. The van der Waals surface area contributed by atoms with Crippen LogP contribution in [0.5, 0.6) is 0 Å². The highest BCUT2D eigenvalue weighted by atomic mass is 35.5. The van der Waals surface area contributed by atoms with Crippen LogP contribution in [0.1, 0.15) is 32.4 Å². The van der Waals surface area contributed by atoms with Crippen LogP contribution in [-0.2, 0) is 6.54 Å². The molecule has 0 aliphatic heterocycles. The Bertz CT molecular complexity index is 638. The van der Waals surface area contributed by atoms with Crippen molar-refractivity contribution in [2.24, 2.45) is 0 Å². The van der Waals surface area contributed by atoms with Gasteiger partial charge < -0.3 is 5.73 Å². The molecule has 0 radical (unpaired) electrons. The van der Waals surface area contributed by atoms with E-state index in [0.29, 0.717) is 17.3 Å². The topological polar surface area (TPSA) is 52.9 Å². The Labute approximate surface area is 117 Å². The molecule has 0 atom stereocenters. The van der Waals surface area contributed by atoms with Crippen LogP contribution in [-0.4, -0.2) is 9.36 Å². The van der Waals surface area contributed by atoms with Gasteiger partial charge in [-0.25, -0.2) is 4.68 Å². The average Bonchev–Trinajstić information content (AvgIpc) is 2.63. The van der Waals surface area contributed by atoms with Crippen molar-refractivity contribution in [2.75, 3.05) is 5.73 Å². The number of rotatable bonds is 3. The zero-order valence-corrected chi connectivity index (χ0v) is 12.1. The smallest absolute Gasteiger partial charge is 0.294 e. The maximum absolute atomic E-state index is 12.3. The zero-order valence-electron chi connectivity index (χ0n) is 11.4. The molecule has 0 aliphatic rings. The van der Waals surface area contributed by atoms with Gasteiger partial charge in [0.2, 0.25) is 0 Å². The van der Waals surface area contributed by atoms with Crippen molar-refractivity contribution in [1.29, 1.82) is 0 Å².